The van der Waals surface area contributed by atoms with Crippen LogP contribution in [-0.4, -0.2) is 54.4 Å². The molecule has 1 amide bonds. The number of thiocarbonyl (C=S) groups is 1. The Hall–Kier alpha value is -0.680. The maximum absolute atomic E-state index is 11.7. The standard InChI is InChI=1S/C10H21N3OS/c1-7(9(11)15)6-13(5)8(2)10(14)12(3)4/h7-8H,6H2,1-5H3,(H2,11,15). The van der Waals surface area contributed by atoms with E-state index in [9.17, 15) is 4.79 Å². The van der Waals surface area contributed by atoms with Gasteiger partial charge in [-0.25, -0.2) is 0 Å². The average molecular weight is 231 g/mol. The topological polar surface area (TPSA) is 49.6 Å². The molecular formula is C10H21N3OS. The van der Waals surface area contributed by atoms with Crippen LogP contribution in [0.5, 0.6) is 0 Å². The van der Waals surface area contributed by atoms with Crippen LogP contribution in [0.4, 0.5) is 0 Å². The van der Waals surface area contributed by atoms with Crippen LogP contribution in [0.15, 0.2) is 0 Å². The van der Waals surface area contributed by atoms with E-state index in [1.54, 1.807) is 19.0 Å². The maximum atomic E-state index is 11.7. The summed E-state index contributed by atoms with van der Waals surface area (Å²) in [6.07, 6.45) is 0. The largest absolute Gasteiger partial charge is 0.393 e. The highest BCUT2D eigenvalue weighted by atomic mass is 32.1. The number of nitrogens with zero attached hydrogens (tertiary/aromatic N) is 2. The zero-order valence-electron chi connectivity index (χ0n) is 10.2. The Morgan fingerprint density at radius 3 is 2.13 bits per heavy atom. The van der Waals surface area contributed by atoms with Crippen molar-refractivity contribution in [1.82, 2.24) is 9.80 Å². The van der Waals surface area contributed by atoms with Gasteiger partial charge in [0.25, 0.3) is 0 Å². The van der Waals surface area contributed by atoms with Gasteiger partial charge in [-0.2, -0.15) is 0 Å². The lowest BCUT2D eigenvalue weighted by molar-refractivity contribution is -0.133. The van der Waals surface area contributed by atoms with Crippen LogP contribution >= 0.6 is 12.2 Å². The first-order chi connectivity index (χ1) is 6.77. The van der Waals surface area contributed by atoms with E-state index in [1.807, 2.05) is 25.8 Å². The van der Waals surface area contributed by atoms with E-state index in [4.69, 9.17) is 18.0 Å². The van der Waals surface area contributed by atoms with Gasteiger partial charge in [-0.1, -0.05) is 19.1 Å². The summed E-state index contributed by atoms with van der Waals surface area (Å²) in [7, 11) is 5.41. The van der Waals surface area contributed by atoms with Gasteiger partial charge in [0.1, 0.15) is 0 Å². The van der Waals surface area contributed by atoms with Crippen LogP contribution < -0.4 is 5.73 Å². The third kappa shape index (κ3) is 4.57. The van der Waals surface area contributed by atoms with Crippen molar-refractivity contribution in [3.05, 3.63) is 0 Å². The molecule has 88 valence electrons. The molecule has 0 radical (unpaired) electrons. The molecule has 0 heterocycles. The minimum Gasteiger partial charge on any atom is -0.393 e. The van der Waals surface area contributed by atoms with Gasteiger partial charge in [0, 0.05) is 26.6 Å². The molecular weight excluding hydrogens is 210 g/mol. The Bertz CT molecular complexity index is 243. The van der Waals surface area contributed by atoms with Gasteiger partial charge in [0.05, 0.1) is 11.0 Å². The van der Waals surface area contributed by atoms with E-state index in [1.165, 1.54) is 0 Å². The Kier molecular flexibility index (Phi) is 5.75. The summed E-state index contributed by atoms with van der Waals surface area (Å²) in [5.41, 5.74) is 5.53. The number of hydrogen-bond acceptors (Lipinski definition) is 3. The van der Waals surface area contributed by atoms with Gasteiger partial charge in [-0.05, 0) is 14.0 Å². The summed E-state index contributed by atoms with van der Waals surface area (Å²) < 4.78 is 0. The molecule has 0 aromatic heterocycles. The highest BCUT2D eigenvalue weighted by Crippen LogP contribution is 2.04. The van der Waals surface area contributed by atoms with Crippen molar-refractivity contribution in [3.63, 3.8) is 0 Å². The van der Waals surface area contributed by atoms with Gasteiger partial charge in [-0.3, -0.25) is 9.69 Å². The number of nitrogens with two attached hydrogens (primary N) is 1. The molecule has 2 atom stereocenters. The molecule has 0 spiro atoms. The summed E-state index contributed by atoms with van der Waals surface area (Å²) in [5.74, 6) is 0.218. The predicted molar refractivity (Wildman–Crippen MR) is 66.7 cm³/mol. The Balaban J connectivity index is 4.27. The SMILES string of the molecule is CC(CN(C)C(C)C(=O)N(C)C)C(N)=S. The normalized spacial score (nSPS) is 14.8. The minimum absolute atomic E-state index is 0.0904. The summed E-state index contributed by atoms with van der Waals surface area (Å²) in [4.78, 5) is 15.7. The van der Waals surface area contributed by atoms with Crippen molar-refractivity contribution in [3.8, 4) is 0 Å². The van der Waals surface area contributed by atoms with Crippen molar-refractivity contribution in [2.45, 2.75) is 19.9 Å². The molecule has 15 heavy (non-hydrogen) atoms. The summed E-state index contributed by atoms with van der Waals surface area (Å²) >= 11 is 4.90. The third-order valence-corrected chi connectivity index (χ3v) is 2.91. The smallest absolute Gasteiger partial charge is 0.239 e. The zero-order valence-corrected chi connectivity index (χ0v) is 11.0. The second-order valence-corrected chi connectivity index (χ2v) is 4.62. The van der Waals surface area contributed by atoms with Crippen LogP contribution in [0.2, 0.25) is 0 Å². The van der Waals surface area contributed by atoms with Gasteiger partial charge >= 0.3 is 0 Å². The molecule has 0 rings (SSSR count). The zero-order chi connectivity index (χ0) is 12.2. The molecule has 2 N–H and O–H groups in total. The number of hydrogen-bond donors (Lipinski definition) is 1. The van der Waals surface area contributed by atoms with Crippen LogP contribution in [-0.2, 0) is 4.79 Å². The lowest BCUT2D eigenvalue weighted by Crippen LogP contribution is -2.45. The molecule has 0 aliphatic carbocycles. The Labute approximate surface area is 97.4 Å². The molecule has 0 aliphatic heterocycles. The number of likely N-dealkylation sites (N-methyl/N-ethyl adjacent to an activating group) is 2. The highest BCUT2D eigenvalue weighted by molar-refractivity contribution is 7.80. The summed E-state index contributed by atoms with van der Waals surface area (Å²) in [5, 5.41) is 0. The Morgan fingerprint density at radius 2 is 1.80 bits per heavy atom. The third-order valence-electron chi connectivity index (χ3n) is 2.51. The lowest BCUT2D eigenvalue weighted by Gasteiger charge is -2.28. The van der Waals surface area contributed by atoms with Crippen molar-refractivity contribution < 1.29 is 4.79 Å². The number of amides is 1. The lowest BCUT2D eigenvalue weighted by atomic mass is 10.1. The fourth-order valence-corrected chi connectivity index (χ4v) is 1.32. The van der Waals surface area contributed by atoms with Crippen molar-refractivity contribution in [2.75, 3.05) is 27.7 Å². The molecule has 0 saturated carbocycles. The Morgan fingerprint density at radius 1 is 1.33 bits per heavy atom. The van der Waals surface area contributed by atoms with Crippen LogP contribution in [0.1, 0.15) is 13.8 Å². The first-order valence-electron chi connectivity index (χ1n) is 4.98. The van der Waals surface area contributed by atoms with Gasteiger partial charge in [0.15, 0.2) is 0 Å². The first-order valence-corrected chi connectivity index (χ1v) is 5.39. The quantitative estimate of drug-likeness (QED) is 0.692. The fourth-order valence-electron chi connectivity index (χ4n) is 1.24. The van der Waals surface area contributed by atoms with E-state index in [2.05, 4.69) is 0 Å². The van der Waals surface area contributed by atoms with E-state index in [-0.39, 0.29) is 17.9 Å². The fraction of sp³-hybridized carbons (Fsp3) is 0.800. The minimum atomic E-state index is -0.142. The van der Waals surface area contributed by atoms with Crippen LogP contribution in [0, 0.1) is 5.92 Å². The van der Waals surface area contributed by atoms with Crippen molar-refractivity contribution in [2.24, 2.45) is 11.7 Å². The molecule has 0 saturated heterocycles. The average Bonchev–Trinajstić information content (AvgIpc) is 2.14. The van der Waals surface area contributed by atoms with Gasteiger partial charge in [0.2, 0.25) is 5.91 Å². The number of rotatable bonds is 5. The van der Waals surface area contributed by atoms with Gasteiger partial charge in [-0.15, -0.1) is 0 Å². The summed E-state index contributed by atoms with van der Waals surface area (Å²) in [6.45, 7) is 4.55. The van der Waals surface area contributed by atoms with Crippen LogP contribution in [0.25, 0.3) is 0 Å². The summed E-state index contributed by atoms with van der Waals surface area (Å²) in [6, 6.07) is -0.142. The molecule has 0 fully saturated rings. The monoisotopic (exact) mass is 231 g/mol. The molecule has 5 heteroatoms. The van der Waals surface area contributed by atoms with Crippen molar-refractivity contribution in [1.29, 1.82) is 0 Å². The molecule has 0 bridgehead atoms. The van der Waals surface area contributed by atoms with E-state index < -0.39 is 0 Å². The molecule has 0 aliphatic rings. The van der Waals surface area contributed by atoms with E-state index in [0.717, 1.165) is 0 Å². The first kappa shape index (κ1) is 14.3. The number of carbonyl (C=O) groups excluding carboxylic acids is 1. The second kappa shape index (κ2) is 6.02. The van der Waals surface area contributed by atoms with Gasteiger partial charge < -0.3 is 10.6 Å². The second-order valence-electron chi connectivity index (χ2n) is 4.15. The van der Waals surface area contributed by atoms with E-state index >= 15 is 0 Å². The van der Waals surface area contributed by atoms with Crippen molar-refractivity contribution >= 4 is 23.1 Å². The van der Waals surface area contributed by atoms with E-state index in [0.29, 0.717) is 11.5 Å². The molecule has 0 aromatic rings. The molecule has 4 nitrogen and oxygen atoms in total. The predicted octanol–water partition coefficient (Wildman–Crippen LogP) is 0.317. The number of carbonyl (C=O) groups is 1. The van der Waals surface area contributed by atoms with Crippen LogP contribution in [0.3, 0.4) is 0 Å². The maximum Gasteiger partial charge on any atom is 0.239 e. The highest BCUT2D eigenvalue weighted by Gasteiger charge is 2.21. The molecule has 0 aromatic carbocycles. The molecule has 2 unspecified atom stereocenters.